The summed E-state index contributed by atoms with van der Waals surface area (Å²) in [6, 6.07) is 6.02. The summed E-state index contributed by atoms with van der Waals surface area (Å²) in [5.74, 6) is -0.114. The zero-order valence-corrected chi connectivity index (χ0v) is 11.7. The van der Waals surface area contributed by atoms with E-state index in [9.17, 15) is 4.79 Å². The summed E-state index contributed by atoms with van der Waals surface area (Å²) in [5, 5.41) is 10.6. The first kappa shape index (κ1) is 12.7. The fourth-order valence-electron chi connectivity index (χ4n) is 2.63. The van der Waals surface area contributed by atoms with E-state index < -0.39 is 0 Å². The van der Waals surface area contributed by atoms with Gasteiger partial charge in [-0.2, -0.15) is 5.10 Å². The van der Waals surface area contributed by atoms with Gasteiger partial charge in [-0.25, -0.2) is 0 Å². The summed E-state index contributed by atoms with van der Waals surface area (Å²) >= 11 is 0. The highest BCUT2D eigenvalue weighted by Crippen LogP contribution is 2.30. The van der Waals surface area contributed by atoms with Crippen LogP contribution in [0.15, 0.2) is 24.4 Å². The van der Waals surface area contributed by atoms with Gasteiger partial charge in [0.15, 0.2) is 0 Å². The second-order valence-electron chi connectivity index (χ2n) is 5.13. The normalized spacial score (nSPS) is 13.5. The smallest absolute Gasteiger partial charge is 0.259 e. The lowest BCUT2D eigenvalue weighted by Crippen LogP contribution is -2.17. The van der Waals surface area contributed by atoms with Crippen LogP contribution in [0, 0.1) is 6.92 Å². The van der Waals surface area contributed by atoms with Crippen molar-refractivity contribution in [3.8, 4) is 0 Å². The van der Waals surface area contributed by atoms with E-state index >= 15 is 0 Å². The van der Waals surface area contributed by atoms with E-state index in [-0.39, 0.29) is 5.91 Å². The van der Waals surface area contributed by atoms with Gasteiger partial charge in [0.25, 0.3) is 5.91 Å². The first-order valence-electron chi connectivity index (χ1n) is 6.82. The van der Waals surface area contributed by atoms with Crippen LogP contribution in [0.4, 0.5) is 11.4 Å². The van der Waals surface area contributed by atoms with Gasteiger partial charge < -0.3 is 10.6 Å². The number of carbonyl (C=O) groups excluding carboxylic acids is 1. The maximum absolute atomic E-state index is 12.3. The number of amides is 1. The third-order valence-corrected chi connectivity index (χ3v) is 3.58. The van der Waals surface area contributed by atoms with Gasteiger partial charge in [0.2, 0.25) is 0 Å². The Bertz CT molecular complexity index is 660. The molecule has 0 atom stereocenters. The van der Waals surface area contributed by atoms with E-state index in [0.717, 1.165) is 36.5 Å². The van der Waals surface area contributed by atoms with Gasteiger partial charge in [-0.05, 0) is 31.4 Å². The van der Waals surface area contributed by atoms with Crippen LogP contribution in [0.5, 0.6) is 0 Å². The number of rotatable bonds is 2. The monoisotopic (exact) mass is 270 g/mol. The van der Waals surface area contributed by atoms with Gasteiger partial charge in [0, 0.05) is 19.8 Å². The maximum Gasteiger partial charge on any atom is 0.259 e. The van der Waals surface area contributed by atoms with E-state index in [2.05, 4.69) is 21.8 Å². The van der Waals surface area contributed by atoms with Crippen LogP contribution in [-0.4, -0.2) is 22.2 Å². The number of carbonyl (C=O) groups is 1. The zero-order chi connectivity index (χ0) is 14.1. The molecule has 5 nitrogen and oxygen atoms in total. The lowest BCUT2D eigenvalue weighted by atomic mass is 10.0. The van der Waals surface area contributed by atoms with E-state index in [1.54, 1.807) is 10.9 Å². The van der Waals surface area contributed by atoms with E-state index in [4.69, 9.17) is 0 Å². The minimum atomic E-state index is -0.114. The SMILES string of the molecule is Cc1nn(C)cc1C(=O)Nc1cccc2c1NCCC2. The summed E-state index contributed by atoms with van der Waals surface area (Å²) in [4.78, 5) is 12.3. The van der Waals surface area contributed by atoms with Crippen LogP contribution in [0.3, 0.4) is 0 Å². The molecule has 1 aromatic heterocycles. The van der Waals surface area contributed by atoms with Crippen molar-refractivity contribution < 1.29 is 4.79 Å². The van der Waals surface area contributed by atoms with Gasteiger partial charge in [0.1, 0.15) is 0 Å². The number of hydrogen-bond acceptors (Lipinski definition) is 3. The fraction of sp³-hybridized carbons (Fsp3) is 0.333. The molecule has 0 fully saturated rings. The van der Waals surface area contributed by atoms with E-state index in [1.165, 1.54) is 5.56 Å². The largest absolute Gasteiger partial charge is 0.383 e. The molecule has 20 heavy (non-hydrogen) atoms. The number of aromatic nitrogens is 2. The van der Waals surface area contributed by atoms with Gasteiger partial charge in [-0.3, -0.25) is 9.48 Å². The quantitative estimate of drug-likeness (QED) is 0.880. The fourth-order valence-corrected chi connectivity index (χ4v) is 2.63. The van der Waals surface area contributed by atoms with Gasteiger partial charge in [0.05, 0.1) is 22.6 Å². The predicted molar refractivity (Wildman–Crippen MR) is 79.2 cm³/mol. The lowest BCUT2D eigenvalue weighted by Gasteiger charge is -2.21. The van der Waals surface area contributed by atoms with Crippen LogP contribution in [0.1, 0.15) is 28.0 Å². The molecule has 5 heteroatoms. The highest BCUT2D eigenvalue weighted by atomic mass is 16.1. The summed E-state index contributed by atoms with van der Waals surface area (Å²) in [5.41, 5.74) is 4.50. The average Bonchev–Trinajstić information content (AvgIpc) is 2.78. The van der Waals surface area contributed by atoms with Gasteiger partial charge in [-0.1, -0.05) is 12.1 Å². The predicted octanol–water partition coefficient (Wildman–Crippen LogP) is 2.34. The van der Waals surface area contributed by atoms with Crippen molar-refractivity contribution in [1.82, 2.24) is 9.78 Å². The average molecular weight is 270 g/mol. The molecule has 2 heterocycles. The van der Waals surface area contributed by atoms with Crippen molar-refractivity contribution in [3.05, 3.63) is 41.2 Å². The molecule has 3 rings (SSSR count). The maximum atomic E-state index is 12.3. The molecule has 1 aliphatic rings. The Morgan fingerprint density at radius 2 is 2.30 bits per heavy atom. The molecule has 0 radical (unpaired) electrons. The van der Waals surface area contributed by atoms with Crippen molar-refractivity contribution in [2.24, 2.45) is 7.05 Å². The Kier molecular flexibility index (Phi) is 3.18. The number of aryl methyl sites for hydroxylation is 3. The molecule has 0 saturated heterocycles. The number of hydrogen-bond donors (Lipinski definition) is 2. The van der Waals surface area contributed by atoms with Gasteiger partial charge >= 0.3 is 0 Å². The second kappa shape index (κ2) is 5.00. The number of benzene rings is 1. The standard InChI is InChI=1S/C15H18N4O/c1-10-12(9-19(2)18-10)15(20)17-13-7-3-5-11-6-4-8-16-14(11)13/h3,5,7,9,16H,4,6,8H2,1-2H3,(H,17,20). The summed E-state index contributed by atoms with van der Waals surface area (Å²) in [6.45, 7) is 2.79. The molecule has 104 valence electrons. The lowest BCUT2D eigenvalue weighted by molar-refractivity contribution is 0.102. The zero-order valence-electron chi connectivity index (χ0n) is 11.7. The molecule has 0 saturated carbocycles. The first-order chi connectivity index (χ1) is 9.65. The van der Waals surface area contributed by atoms with Crippen LogP contribution >= 0.6 is 0 Å². The molecular formula is C15H18N4O. The highest BCUT2D eigenvalue weighted by molar-refractivity contribution is 6.06. The minimum Gasteiger partial charge on any atom is -0.383 e. The van der Waals surface area contributed by atoms with Crippen LogP contribution in [0.2, 0.25) is 0 Å². The first-order valence-corrected chi connectivity index (χ1v) is 6.82. The number of nitrogens with zero attached hydrogens (tertiary/aromatic N) is 2. The van der Waals surface area contributed by atoms with Crippen molar-refractivity contribution in [1.29, 1.82) is 0 Å². The number of anilines is 2. The van der Waals surface area contributed by atoms with Crippen molar-refractivity contribution in [3.63, 3.8) is 0 Å². The summed E-state index contributed by atoms with van der Waals surface area (Å²) < 4.78 is 1.66. The Morgan fingerprint density at radius 1 is 1.45 bits per heavy atom. The summed E-state index contributed by atoms with van der Waals surface area (Å²) in [6.07, 6.45) is 3.93. The molecule has 0 unspecified atom stereocenters. The molecule has 2 N–H and O–H groups in total. The molecule has 1 aromatic carbocycles. The molecule has 1 amide bonds. The topological polar surface area (TPSA) is 59.0 Å². The summed E-state index contributed by atoms with van der Waals surface area (Å²) in [7, 11) is 1.82. The van der Waals surface area contributed by atoms with Gasteiger partial charge in [-0.15, -0.1) is 0 Å². The van der Waals surface area contributed by atoms with Crippen molar-refractivity contribution >= 4 is 17.3 Å². The van der Waals surface area contributed by atoms with Crippen LogP contribution in [0.25, 0.3) is 0 Å². The third kappa shape index (κ3) is 2.27. The Labute approximate surface area is 118 Å². The van der Waals surface area contributed by atoms with E-state index in [0.29, 0.717) is 5.56 Å². The van der Waals surface area contributed by atoms with Crippen molar-refractivity contribution in [2.75, 3.05) is 17.2 Å². The minimum absolute atomic E-state index is 0.114. The molecule has 0 aliphatic carbocycles. The third-order valence-electron chi connectivity index (χ3n) is 3.58. The number of nitrogens with one attached hydrogen (secondary N) is 2. The molecule has 0 bridgehead atoms. The highest BCUT2D eigenvalue weighted by Gasteiger charge is 2.17. The Hall–Kier alpha value is -2.30. The van der Waals surface area contributed by atoms with E-state index in [1.807, 2.05) is 26.1 Å². The van der Waals surface area contributed by atoms with Crippen LogP contribution < -0.4 is 10.6 Å². The Balaban J connectivity index is 1.88. The number of fused-ring (bicyclic) bond motifs is 1. The number of para-hydroxylation sites is 1. The second-order valence-corrected chi connectivity index (χ2v) is 5.13. The van der Waals surface area contributed by atoms with Crippen molar-refractivity contribution in [2.45, 2.75) is 19.8 Å². The molecule has 0 spiro atoms. The Morgan fingerprint density at radius 3 is 3.05 bits per heavy atom. The molecule has 2 aromatic rings. The molecule has 1 aliphatic heterocycles. The van der Waals surface area contributed by atoms with Crippen LogP contribution in [-0.2, 0) is 13.5 Å². The molecular weight excluding hydrogens is 252 g/mol.